The molecule has 1 atom stereocenters. The molecular formula is C13H15NO2S. The third-order valence-corrected chi connectivity index (χ3v) is 3.43. The second kappa shape index (κ2) is 5.19. The largest absolute Gasteiger partial charge is 0.469 e. The molecule has 3 nitrogen and oxygen atoms in total. The number of furan rings is 1. The van der Waals surface area contributed by atoms with E-state index >= 15 is 0 Å². The van der Waals surface area contributed by atoms with Gasteiger partial charge >= 0.3 is 0 Å². The Kier molecular flexibility index (Phi) is 3.64. The molecule has 0 aliphatic rings. The summed E-state index contributed by atoms with van der Waals surface area (Å²) in [4.78, 5) is 13.8. The highest BCUT2D eigenvalue weighted by Crippen LogP contribution is 2.15. The molecular weight excluding hydrogens is 234 g/mol. The number of amides is 1. The summed E-state index contributed by atoms with van der Waals surface area (Å²) >= 11 is 1.51. The van der Waals surface area contributed by atoms with Crippen molar-refractivity contribution in [2.24, 2.45) is 0 Å². The Labute approximate surface area is 104 Å². The van der Waals surface area contributed by atoms with Crippen molar-refractivity contribution < 1.29 is 9.21 Å². The van der Waals surface area contributed by atoms with Gasteiger partial charge in [-0.25, -0.2) is 0 Å². The number of carbonyl (C=O) groups is 1. The van der Waals surface area contributed by atoms with Crippen LogP contribution in [0.3, 0.4) is 0 Å². The maximum Gasteiger partial charge on any atom is 0.261 e. The van der Waals surface area contributed by atoms with Crippen LogP contribution in [0.4, 0.5) is 0 Å². The van der Waals surface area contributed by atoms with Crippen molar-refractivity contribution in [3.63, 3.8) is 0 Å². The SMILES string of the molecule is Cc1ccc(C(=O)N[C@@H](C)Cc2ccco2)s1. The summed E-state index contributed by atoms with van der Waals surface area (Å²) in [6.45, 7) is 3.97. The van der Waals surface area contributed by atoms with Gasteiger partial charge in [0, 0.05) is 17.3 Å². The van der Waals surface area contributed by atoms with E-state index in [2.05, 4.69) is 5.32 Å². The molecule has 0 aliphatic carbocycles. The highest BCUT2D eigenvalue weighted by atomic mass is 32.1. The third kappa shape index (κ3) is 3.20. The minimum atomic E-state index is -0.0119. The van der Waals surface area contributed by atoms with Crippen molar-refractivity contribution in [3.05, 3.63) is 46.0 Å². The molecule has 0 bridgehead atoms. The number of thiophene rings is 1. The van der Waals surface area contributed by atoms with Crippen LogP contribution in [-0.2, 0) is 6.42 Å². The molecule has 1 amide bonds. The fourth-order valence-electron chi connectivity index (χ4n) is 1.63. The Hall–Kier alpha value is -1.55. The fraction of sp³-hybridized carbons (Fsp3) is 0.308. The summed E-state index contributed by atoms with van der Waals surface area (Å²) in [6, 6.07) is 7.65. The lowest BCUT2D eigenvalue weighted by Gasteiger charge is -2.11. The van der Waals surface area contributed by atoms with Gasteiger partial charge in [0.1, 0.15) is 5.76 Å². The van der Waals surface area contributed by atoms with E-state index in [0.29, 0.717) is 6.42 Å². The van der Waals surface area contributed by atoms with Gasteiger partial charge in [0.15, 0.2) is 0 Å². The van der Waals surface area contributed by atoms with Crippen LogP contribution in [0.25, 0.3) is 0 Å². The fourth-order valence-corrected chi connectivity index (χ4v) is 2.40. The van der Waals surface area contributed by atoms with Crippen molar-refractivity contribution in [1.82, 2.24) is 5.32 Å². The smallest absolute Gasteiger partial charge is 0.261 e. The Bertz CT molecular complexity index is 487. The Morgan fingerprint density at radius 1 is 1.47 bits per heavy atom. The van der Waals surface area contributed by atoms with Gasteiger partial charge in [0.05, 0.1) is 11.1 Å². The van der Waals surface area contributed by atoms with Crippen molar-refractivity contribution >= 4 is 17.2 Å². The van der Waals surface area contributed by atoms with Crippen LogP contribution in [0.2, 0.25) is 0 Å². The highest BCUT2D eigenvalue weighted by molar-refractivity contribution is 7.13. The monoisotopic (exact) mass is 249 g/mol. The Balaban J connectivity index is 1.90. The summed E-state index contributed by atoms with van der Waals surface area (Å²) in [6.07, 6.45) is 2.36. The van der Waals surface area contributed by atoms with Crippen LogP contribution < -0.4 is 5.32 Å². The molecule has 2 aromatic rings. The van der Waals surface area contributed by atoms with Crippen LogP contribution in [0.5, 0.6) is 0 Å². The van der Waals surface area contributed by atoms with E-state index in [-0.39, 0.29) is 11.9 Å². The molecule has 0 fully saturated rings. The van der Waals surface area contributed by atoms with Gasteiger partial charge in [0.2, 0.25) is 0 Å². The van der Waals surface area contributed by atoms with Crippen LogP contribution in [0.1, 0.15) is 27.2 Å². The van der Waals surface area contributed by atoms with E-state index in [1.54, 1.807) is 6.26 Å². The molecule has 2 rings (SSSR count). The molecule has 90 valence electrons. The van der Waals surface area contributed by atoms with Gasteiger partial charge in [-0.1, -0.05) is 0 Å². The molecule has 0 aromatic carbocycles. The minimum absolute atomic E-state index is 0.0119. The van der Waals surface area contributed by atoms with E-state index in [1.165, 1.54) is 11.3 Å². The number of rotatable bonds is 4. The predicted molar refractivity (Wildman–Crippen MR) is 68.4 cm³/mol. The average molecular weight is 249 g/mol. The second-order valence-electron chi connectivity index (χ2n) is 4.07. The molecule has 0 aliphatic heterocycles. The summed E-state index contributed by atoms with van der Waals surface area (Å²) in [5, 5.41) is 2.96. The van der Waals surface area contributed by atoms with Gasteiger partial charge in [-0.2, -0.15) is 0 Å². The minimum Gasteiger partial charge on any atom is -0.469 e. The Morgan fingerprint density at radius 2 is 2.29 bits per heavy atom. The highest BCUT2D eigenvalue weighted by Gasteiger charge is 2.12. The van der Waals surface area contributed by atoms with E-state index in [4.69, 9.17) is 4.42 Å². The average Bonchev–Trinajstić information content (AvgIpc) is 2.89. The first-order valence-electron chi connectivity index (χ1n) is 5.55. The first kappa shape index (κ1) is 11.9. The molecule has 4 heteroatoms. The van der Waals surface area contributed by atoms with E-state index in [1.807, 2.05) is 38.1 Å². The van der Waals surface area contributed by atoms with Crippen LogP contribution in [-0.4, -0.2) is 11.9 Å². The summed E-state index contributed by atoms with van der Waals surface area (Å²) < 4.78 is 5.25. The van der Waals surface area contributed by atoms with E-state index in [0.717, 1.165) is 15.5 Å². The lowest BCUT2D eigenvalue weighted by atomic mass is 10.2. The maximum absolute atomic E-state index is 11.9. The normalized spacial score (nSPS) is 12.4. The van der Waals surface area contributed by atoms with Crippen LogP contribution >= 0.6 is 11.3 Å². The molecule has 2 aromatic heterocycles. The summed E-state index contributed by atoms with van der Waals surface area (Å²) in [5.41, 5.74) is 0. The van der Waals surface area contributed by atoms with Crippen molar-refractivity contribution in [3.8, 4) is 0 Å². The lowest BCUT2D eigenvalue weighted by Crippen LogP contribution is -2.33. The topological polar surface area (TPSA) is 42.2 Å². The zero-order valence-corrected chi connectivity index (χ0v) is 10.7. The molecule has 17 heavy (non-hydrogen) atoms. The zero-order valence-electron chi connectivity index (χ0n) is 9.90. The number of aryl methyl sites for hydroxylation is 1. The van der Waals surface area contributed by atoms with Gasteiger partial charge in [0.25, 0.3) is 5.91 Å². The van der Waals surface area contributed by atoms with Gasteiger partial charge in [-0.3, -0.25) is 4.79 Å². The van der Waals surface area contributed by atoms with Gasteiger partial charge in [-0.15, -0.1) is 11.3 Å². The Morgan fingerprint density at radius 3 is 2.88 bits per heavy atom. The van der Waals surface area contributed by atoms with E-state index < -0.39 is 0 Å². The predicted octanol–water partition coefficient (Wildman–Crippen LogP) is 3.01. The third-order valence-electron chi connectivity index (χ3n) is 2.43. The summed E-state index contributed by atoms with van der Waals surface area (Å²) in [5.74, 6) is 0.877. The lowest BCUT2D eigenvalue weighted by molar-refractivity contribution is 0.0943. The van der Waals surface area contributed by atoms with Crippen LogP contribution in [0.15, 0.2) is 34.9 Å². The first-order chi connectivity index (χ1) is 8.15. The summed E-state index contributed by atoms with van der Waals surface area (Å²) in [7, 11) is 0. The van der Waals surface area contributed by atoms with Crippen molar-refractivity contribution in [2.75, 3.05) is 0 Å². The quantitative estimate of drug-likeness (QED) is 0.905. The number of nitrogens with one attached hydrogen (secondary N) is 1. The van der Waals surface area contributed by atoms with Gasteiger partial charge in [-0.05, 0) is 38.1 Å². The van der Waals surface area contributed by atoms with Crippen molar-refractivity contribution in [2.45, 2.75) is 26.3 Å². The number of hydrogen-bond donors (Lipinski definition) is 1. The van der Waals surface area contributed by atoms with E-state index in [9.17, 15) is 4.79 Å². The second-order valence-corrected chi connectivity index (χ2v) is 5.36. The number of hydrogen-bond acceptors (Lipinski definition) is 3. The molecule has 0 saturated carbocycles. The standard InChI is InChI=1S/C13H15NO2S/c1-9(8-11-4-3-7-16-11)14-13(15)12-6-5-10(2)17-12/h3-7,9H,8H2,1-2H3,(H,14,15)/t9-/m0/s1. The van der Waals surface area contributed by atoms with Crippen LogP contribution in [0, 0.1) is 6.92 Å². The molecule has 0 spiro atoms. The molecule has 2 heterocycles. The molecule has 0 unspecified atom stereocenters. The first-order valence-corrected chi connectivity index (χ1v) is 6.36. The molecule has 0 radical (unpaired) electrons. The molecule has 1 N–H and O–H groups in total. The van der Waals surface area contributed by atoms with Gasteiger partial charge < -0.3 is 9.73 Å². The molecule has 0 saturated heterocycles. The zero-order chi connectivity index (χ0) is 12.3. The van der Waals surface area contributed by atoms with Crippen molar-refractivity contribution in [1.29, 1.82) is 0 Å². The number of carbonyl (C=O) groups excluding carboxylic acids is 1. The maximum atomic E-state index is 11.9.